The number of halogens is 1. The summed E-state index contributed by atoms with van der Waals surface area (Å²) >= 11 is 3.09. The average Bonchev–Trinajstić information content (AvgIpc) is 3.22. The van der Waals surface area contributed by atoms with Gasteiger partial charge in [0.15, 0.2) is 10.4 Å². The Hall–Kier alpha value is -2.81. The number of carbonyl (C=O) groups is 3. The summed E-state index contributed by atoms with van der Waals surface area (Å²) in [5.41, 5.74) is -0.177. The van der Waals surface area contributed by atoms with Crippen molar-refractivity contribution < 1.29 is 28.3 Å². The third-order valence-electron chi connectivity index (χ3n) is 3.34. The Labute approximate surface area is 157 Å². The highest BCUT2D eigenvalue weighted by atomic mass is 79.9. The van der Waals surface area contributed by atoms with Crippen molar-refractivity contribution in [1.82, 2.24) is 10.6 Å². The fourth-order valence-corrected chi connectivity index (χ4v) is 2.33. The highest BCUT2D eigenvalue weighted by molar-refractivity contribution is 9.10. The molecule has 1 atom stereocenters. The molecular formula is C17H17BrN2O6. The molecule has 8 nitrogen and oxygen atoms in total. The molecule has 2 aromatic rings. The molecule has 0 saturated carbocycles. The topological polar surface area (TPSA) is 122 Å². The van der Waals surface area contributed by atoms with Gasteiger partial charge in [-0.25, -0.2) is 4.79 Å². The first-order valence-electron chi connectivity index (χ1n) is 7.63. The van der Waals surface area contributed by atoms with Crippen molar-refractivity contribution in [3.63, 3.8) is 0 Å². The quantitative estimate of drug-likeness (QED) is 0.587. The molecule has 0 aromatic carbocycles. The van der Waals surface area contributed by atoms with Crippen molar-refractivity contribution in [1.29, 1.82) is 0 Å². The second-order valence-electron chi connectivity index (χ2n) is 5.66. The Morgan fingerprint density at radius 3 is 2.46 bits per heavy atom. The van der Waals surface area contributed by atoms with Crippen LogP contribution >= 0.6 is 15.9 Å². The number of amides is 2. The minimum atomic E-state index is -1.17. The summed E-state index contributed by atoms with van der Waals surface area (Å²) in [5, 5.41) is 14.0. The standard InChI is InChI=1S/C17H17BrN2O6/c1-9(2)14(17(23)24)20-15(21)11(8-10-4-3-7-25-10)19-16(22)12-5-6-13(18)26-12/h3-9,14H,1-2H3,(H,19,22)(H,20,21)(H,23,24)/b11-8+/t14-/m0/s1. The molecular weight excluding hydrogens is 408 g/mol. The van der Waals surface area contributed by atoms with Crippen molar-refractivity contribution in [3.05, 3.63) is 52.4 Å². The largest absolute Gasteiger partial charge is 0.480 e. The van der Waals surface area contributed by atoms with E-state index in [2.05, 4.69) is 26.6 Å². The third-order valence-corrected chi connectivity index (χ3v) is 3.77. The van der Waals surface area contributed by atoms with Gasteiger partial charge >= 0.3 is 5.97 Å². The maximum absolute atomic E-state index is 12.5. The lowest BCUT2D eigenvalue weighted by Crippen LogP contribution is -2.47. The minimum absolute atomic E-state index is 0.0198. The van der Waals surface area contributed by atoms with Crippen LogP contribution in [0.2, 0.25) is 0 Å². The molecule has 9 heteroatoms. The molecule has 0 fully saturated rings. The lowest BCUT2D eigenvalue weighted by atomic mass is 10.0. The zero-order valence-electron chi connectivity index (χ0n) is 14.0. The van der Waals surface area contributed by atoms with E-state index in [1.807, 2.05) is 0 Å². The monoisotopic (exact) mass is 424 g/mol. The molecule has 2 rings (SSSR count). The van der Waals surface area contributed by atoms with Crippen LogP contribution in [0.5, 0.6) is 0 Å². The number of hydrogen-bond donors (Lipinski definition) is 3. The molecule has 2 amide bonds. The predicted molar refractivity (Wildman–Crippen MR) is 95.0 cm³/mol. The minimum Gasteiger partial charge on any atom is -0.480 e. The molecule has 0 radical (unpaired) electrons. The van der Waals surface area contributed by atoms with E-state index in [0.29, 0.717) is 10.4 Å². The number of carbonyl (C=O) groups excluding carboxylic acids is 2. The number of carboxylic acid groups (broad SMARTS) is 1. The van der Waals surface area contributed by atoms with Crippen molar-refractivity contribution in [2.75, 3.05) is 0 Å². The SMILES string of the molecule is CC(C)[C@H](NC(=O)/C(=C\c1ccco1)NC(=O)c1ccc(Br)o1)C(=O)O. The van der Waals surface area contributed by atoms with E-state index in [4.69, 9.17) is 8.83 Å². The Morgan fingerprint density at radius 2 is 1.96 bits per heavy atom. The predicted octanol–water partition coefficient (Wildman–Crippen LogP) is 2.63. The zero-order valence-corrected chi connectivity index (χ0v) is 15.6. The van der Waals surface area contributed by atoms with Crippen LogP contribution in [0.1, 0.15) is 30.2 Å². The maximum Gasteiger partial charge on any atom is 0.326 e. The normalized spacial score (nSPS) is 12.7. The zero-order chi connectivity index (χ0) is 19.3. The fraction of sp³-hybridized carbons (Fsp3) is 0.235. The van der Waals surface area contributed by atoms with Gasteiger partial charge in [0.05, 0.1) is 6.26 Å². The molecule has 0 bridgehead atoms. The Bertz CT molecular complexity index is 822. The fourth-order valence-electron chi connectivity index (χ4n) is 2.03. The molecule has 138 valence electrons. The highest BCUT2D eigenvalue weighted by Crippen LogP contribution is 2.15. The van der Waals surface area contributed by atoms with Crippen molar-refractivity contribution in [2.45, 2.75) is 19.9 Å². The van der Waals surface area contributed by atoms with Crippen molar-refractivity contribution in [2.24, 2.45) is 5.92 Å². The van der Waals surface area contributed by atoms with Crippen LogP contribution in [0.4, 0.5) is 0 Å². The average molecular weight is 425 g/mol. The number of carboxylic acids is 1. The number of rotatable bonds is 7. The van der Waals surface area contributed by atoms with E-state index in [-0.39, 0.29) is 17.4 Å². The summed E-state index contributed by atoms with van der Waals surface area (Å²) in [5.74, 6) is -2.66. The van der Waals surface area contributed by atoms with E-state index in [0.717, 1.165) is 0 Å². The van der Waals surface area contributed by atoms with E-state index >= 15 is 0 Å². The molecule has 0 spiro atoms. The molecule has 0 aliphatic heterocycles. The lowest BCUT2D eigenvalue weighted by Gasteiger charge is -2.19. The number of furan rings is 2. The molecule has 3 N–H and O–H groups in total. The van der Waals surface area contributed by atoms with Crippen LogP contribution in [0, 0.1) is 5.92 Å². The van der Waals surface area contributed by atoms with E-state index in [1.54, 1.807) is 26.0 Å². The summed E-state index contributed by atoms with van der Waals surface area (Å²) in [7, 11) is 0. The van der Waals surface area contributed by atoms with Crippen LogP contribution in [-0.4, -0.2) is 28.9 Å². The van der Waals surface area contributed by atoms with E-state index < -0.39 is 23.8 Å². The molecule has 2 aromatic heterocycles. The van der Waals surface area contributed by atoms with Crippen molar-refractivity contribution in [3.8, 4) is 0 Å². The molecule has 0 saturated heterocycles. The van der Waals surface area contributed by atoms with Gasteiger partial charge in [-0.3, -0.25) is 9.59 Å². The molecule has 0 aliphatic carbocycles. The highest BCUT2D eigenvalue weighted by Gasteiger charge is 2.26. The maximum atomic E-state index is 12.5. The first-order valence-corrected chi connectivity index (χ1v) is 8.42. The van der Waals surface area contributed by atoms with Gasteiger partial charge in [0, 0.05) is 6.08 Å². The van der Waals surface area contributed by atoms with E-state index in [9.17, 15) is 19.5 Å². The molecule has 2 heterocycles. The van der Waals surface area contributed by atoms with Gasteiger partial charge in [-0.05, 0) is 46.1 Å². The van der Waals surface area contributed by atoms with Gasteiger partial charge in [0.2, 0.25) is 0 Å². The summed E-state index contributed by atoms with van der Waals surface area (Å²) < 4.78 is 10.7. The van der Waals surface area contributed by atoms with Crippen LogP contribution < -0.4 is 10.6 Å². The van der Waals surface area contributed by atoms with Crippen LogP contribution in [0.25, 0.3) is 6.08 Å². The van der Waals surface area contributed by atoms with Gasteiger partial charge < -0.3 is 24.6 Å². The van der Waals surface area contributed by atoms with Crippen LogP contribution in [0.15, 0.2) is 49.7 Å². The second kappa shape index (κ2) is 8.52. The number of aliphatic carboxylic acids is 1. The molecule has 26 heavy (non-hydrogen) atoms. The van der Waals surface area contributed by atoms with Crippen LogP contribution in [0.3, 0.4) is 0 Å². The molecule has 0 unspecified atom stereocenters. The third kappa shape index (κ3) is 5.09. The Kier molecular flexibility index (Phi) is 6.40. The molecule has 0 aliphatic rings. The Morgan fingerprint density at radius 1 is 1.23 bits per heavy atom. The number of nitrogens with one attached hydrogen (secondary N) is 2. The summed E-state index contributed by atoms with van der Waals surface area (Å²) in [6.07, 6.45) is 2.70. The first-order chi connectivity index (χ1) is 12.3. The smallest absolute Gasteiger partial charge is 0.326 e. The van der Waals surface area contributed by atoms with E-state index in [1.165, 1.54) is 24.5 Å². The first kappa shape index (κ1) is 19.5. The van der Waals surface area contributed by atoms with Gasteiger partial charge in [0.1, 0.15) is 17.5 Å². The summed E-state index contributed by atoms with van der Waals surface area (Å²) in [4.78, 5) is 36.1. The van der Waals surface area contributed by atoms with Gasteiger partial charge in [-0.1, -0.05) is 13.8 Å². The van der Waals surface area contributed by atoms with Gasteiger partial charge in [0.25, 0.3) is 11.8 Å². The summed E-state index contributed by atoms with van der Waals surface area (Å²) in [6, 6.07) is 5.04. The van der Waals surface area contributed by atoms with Gasteiger partial charge in [-0.15, -0.1) is 0 Å². The lowest BCUT2D eigenvalue weighted by molar-refractivity contribution is -0.142. The Balaban J connectivity index is 2.25. The van der Waals surface area contributed by atoms with Crippen molar-refractivity contribution >= 4 is 39.8 Å². The second-order valence-corrected chi connectivity index (χ2v) is 6.45. The summed E-state index contributed by atoms with van der Waals surface area (Å²) in [6.45, 7) is 3.32. The van der Waals surface area contributed by atoms with Gasteiger partial charge in [-0.2, -0.15) is 0 Å². The number of hydrogen-bond acceptors (Lipinski definition) is 5. The van der Waals surface area contributed by atoms with Crippen LogP contribution in [-0.2, 0) is 9.59 Å².